The highest BCUT2D eigenvalue weighted by Gasteiger charge is 2.05. The normalized spacial score (nSPS) is 10.2. The number of hydrogen-bond donors (Lipinski definition) is 2. The van der Waals surface area contributed by atoms with Crippen LogP contribution in [0, 0.1) is 0 Å². The first-order valence-electron chi connectivity index (χ1n) is 7.84. The maximum atomic E-state index is 12.0. The summed E-state index contributed by atoms with van der Waals surface area (Å²) in [6, 6.07) is 11.0. The van der Waals surface area contributed by atoms with Gasteiger partial charge >= 0.3 is 0 Å². The van der Waals surface area contributed by atoms with E-state index in [1.165, 1.54) is 11.8 Å². The van der Waals surface area contributed by atoms with Gasteiger partial charge in [-0.15, -0.1) is 11.8 Å². The molecule has 1 heterocycles. The van der Waals surface area contributed by atoms with E-state index in [9.17, 15) is 9.59 Å². The summed E-state index contributed by atoms with van der Waals surface area (Å²) in [5, 5.41) is 5.67. The molecule has 0 aliphatic carbocycles. The third kappa shape index (κ3) is 6.42. The molecule has 0 fully saturated rings. The summed E-state index contributed by atoms with van der Waals surface area (Å²) in [4.78, 5) is 27.7. The molecule has 2 N–H and O–H groups in total. The minimum atomic E-state index is -0.0686. The zero-order valence-electron chi connectivity index (χ0n) is 13.6. The van der Waals surface area contributed by atoms with Gasteiger partial charge in [0.25, 0.3) is 0 Å². The lowest BCUT2D eigenvalue weighted by Crippen LogP contribution is -2.15. The Morgan fingerprint density at radius 3 is 2.50 bits per heavy atom. The molecule has 2 rings (SSSR count). The van der Waals surface area contributed by atoms with Crippen LogP contribution in [0.1, 0.15) is 25.3 Å². The van der Waals surface area contributed by atoms with Gasteiger partial charge in [-0.1, -0.05) is 19.1 Å². The van der Waals surface area contributed by atoms with Crippen molar-refractivity contribution in [3.8, 4) is 0 Å². The smallest absolute Gasteiger partial charge is 0.234 e. The first kappa shape index (κ1) is 18.0. The number of carbonyl (C=O) groups excluding carboxylic acids is 2. The molecule has 6 heteroatoms. The zero-order chi connectivity index (χ0) is 17.2. The second kappa shape index (κ2) is 9.72. The van der Waals surface area contributed by atoms with Gasteiger partial charge in [-0.05, 0) is 36.2 Å². The molecule has 2 aromatic rings. The summed E-state index contributed by atoms with van der Waals surface area (Å²) in [6.45, 7) is 1.96. The fourth-order valence-corrected chi connectivity index (χ4v) is 2.83. The van der Waals surface area contributed by atoms with Crippen LogP contribution in [0.2, 0.25) is 0 Å². The van der Waals surface area contributed by atoms with Crippen molar-refractivity contribution in [2.75, 3.05) is 16.4 Å². The molecule has 2 amide bonds. The van der Waals surface area contributed by atoms with E-state index in [1.54, 1.807) is 36.7 Å². The number of benzene rings is 1. The van der Waals surface area contributed by atoms with Crippen LogP contribution in [0.5, 0.6) is 0 Å². The molecule has 1 aromatic carbocycles. The van der Waals surface area contributed by atoms with Crippen LogP contribution >= 0.6 is 11.8 Å². The number of nitrogens with one attached hydrogen (secondary N) is 2. The molecule has 0 spiro atoms. The van der Waals surface area contributed by atoms with Gasteiger partial charge in [0, 0.05) is 35.9 Å². The molecule has 0 bridgehead atoms. The fourth-order valence-electron chi connectivity index (χ4n) is 2.07. The van der Waals surface area contributed by atoms with Crippen LogP contribution < -0.4 is 10.6 Å². The van der Waals surface area contributed by atoms with Crippen LogP contribution in [0.15, 0.2) is 48.8 Å². The third-order valence-electron chi connectivity index (χ3n) is 3.13. The Balaban J connectivity index is 1.79. The number of rotatable bonds is 8. The van der Waals surface area contributed by atoms with Crippen molar-refractivity contribution in [2.24, 2.45) is 0 Å². The van der Waals surface area contributed by atoms with Gasteiger partial charge in [-0.25, -0.2) is 0 Å². The van der Waals surface area contributed by atoms with Crippen LogP contribution in [0.4, 0.5) is 11.4 Å². The molecule has 1 aromatic heterocycles. The number of pyridine rings is 1. The molecule has 0 saturated heterocycles. The highest BCUT2D eigenvalue weighted by Crippen LogP contribution is 2.17. The van der Waals surface area contributed by atoms with E-state index in [2.05, 4.69) is 15.6 Å². The summed E-state index contributed by atoms with van der Waals surface area (Å²) in [6.07, 6.45) is 4.82. The molecule has 5 nitrogen and oxygen atoms in total. The zero-order valence-corrected chi connectivity index (χ0v) is 14.4. The van der Waals surface area contributed by atoms with E-state index in [0.29, 0.717) is 23.5 Å². The van der Waals surface area contributed by atoms with Crippen LogP contribution in [-0.2, 0) is 15.3 Å². The quantitative estimate of drug-likeness (QED) is 0.767. The van der Waals surface area contributed by atoms with Gasteiger partial charge in [0.15, 0.2) is 0 Å². The number of hydrogen-bond acceptors (Lipinski definition) is 4. The Hall–Kier alpha value is -2.34. The number of aromatic nitrogens is 1. The second-order valence-corrected chi connectivity index (χ2v) is 6.27. The maximum Gasteiger partial charge on any atom is 0.234 e. The molecular weight excluding hydrogens is 322 g/mol. The Bertz CT molecular complexity index is 677. The number of carbonyl (C=O) groups is 2. The van der Waals surface area contributed by atoms with Crippen LogP contribution in [0.3, 0.4) is 0 Å². The fraction of sp³-hybridized carbons (Fsp3) is 0.278. The number of nitrogens with zero attached hydrogens (tertiary/aromatic N) is 1. The molecule has 0 atom stereocenters. The highest BCUT2D eigenvalue weighted by atomic mass is 32.2. The van der Waals surface area contributed by atoms with Crippen LogP contribution in [-0.4, -0.2) is 22.6 Å². The van der Waals surface area contributed by atoms with Crippen LogP contribution in [0.25, 0.3) is 0 Å². The summed E-state index contributed by atoms with van der Waals surface area (Å²) in [5.41, 5.74) is 2.46. The highest BCUT2D eigenvalue weighted by molar-refractivity contribution is 7.99. The van der Waals surface area contributed by atoms with Gasteiger partial charge in [0.2, 0.25) is 11.8 Å². The van der Waals surface area contributed by atoms with Crippen molar-refractivity contribution in [1.82, 2.24) is 4.98 Å². The SMILES string of the molecule is CCCC(=O)Nc1cccc(NC(=O)CSCc2cccnc2)c1. The average molecular weight is 343 g/mol. The average Bonchev–Trinajstić information content (AvgIpc) is 2.56. The summed E-state index contributed by atoms with van der Waals surface area (Å²) in [7, 11) is 0. The molecule has 0 aliphatic rings. The maximum absolute atomic E-state index is 12.0. The number of thioether (sulfide) groups is 1. The van der Waals surface area contributed by atoms with E-state index in [-0.39, 0.29) is 11.8 Å². The number of amides is 2. The topological polar surface area (TPSA) is 71.1 Å². The van der Waals surface area contributed by atoms with Crippen molar-refractivity contribution in [1.29, 1.82) is 0 Å². The standard InChI is InChI=1S/C18H21N3O2S/c1-2-5-17(22)20-15-7-3-8-16(10-15)21-18(23)13-24-12-14-6-4-9-19-11-14/h3-4,6-11H,2,5,12-13H2,1H3,(H,20,22)(H,21,23). The molecule has 0 unspecified atom stereocenters. The minimum Gasteiger partial charge on any atom is -0.326 e. The Morgan fingerprint density at radius 2 is 1.83 bits per heavy atom. The largest absolute Gasteiger partial charge is 0.326 e. The lowest BCUT2D eigenvalue weighted by Gasteiger charge is -2.08. The Labute approximate surface area is 146 Å². The monoisotopic (exact) mass is 343 g/mol. The molecule has 0 aliphatic heterocycles. The lowest BCUT2D eigenvalue weighted by atomic mass is 10.2. The van der Waals surface area contributed by atoms with Crippen molar-refractivity contribution >= 4 is 35.0 Å². The van der Waals surface area contributed by atoms with Gasteiger partial charge < -0.3 is 10.6 Å². The molecule has 0 saturated carbocycles. The third-order valence-corrected chi connectivity index (χ3v) is 4.14. The summed E-state index contributed by atoms with van der Waals surface area (Å²) < 4.78 is 0. The summed E-state index contributed by atoms with van der Waals surface area (Å²) >= 11 is 1.53. The first-order chi connectivity index (χ1) is 11.7. The van der Waals surface area contributed by atoms with Crippen molar-refractivity contribution in [2.45, 2.75) is 25.5 Å². The van der Waals surface area contributed by atoms with E-state index >= 15 is 0 Å². The van der Waals surface area contributed by atoms with Crippen molar-refractivity contribution in [3.63, 3.8) is 0 Å². The first-order valence-corrected chi connectivity index (χ1v) is 8.99. The van der Waals surface area contributed by atoms with Crippen molar-refractivity contribution in [3.05, 3.63) is 54.4 Å². The van der Waals surface area contributed by atoms with E-state index in [4.69, 9.17) is 0 Å². The van der Waals surface area contributed by atoms with Gasteiger partial charge in [0.05, 0.1) is 5.75 Å². The van der Waals surface area contributed by atoms with Crippen molar-refractivity contribution < 1.29 is 9.59 Å². The predicted octanol–water partition coefficient (Wildman–Crippen LogP) is 3.69. The van der Waals surface area contributed by atoms with E-state index < -0.39 is 0 Å². The van der Waals surface area contributed by atoms with Gasteiger partial charge in [-0.2, -0.15) is 0 Å². The van der Waals surface area contributed by atoms with Gasteiger partial charge in [-0.3, -0.25) is 14.6 Å². The van der Waals surface area contributed by atoms with E-state index in [1.807, 2.05) is 19.1 Å². The molecule has 24 heavy (non-hydrogen) atoms. The number of anilines is 2. The molecular formula is C18H21N3O2S. The Morgan fingerprint density at radius 1 is 1.08 bits per heavy atom. The Kier molecular flexibility index (Phi) is 7.29. The second-order valence-electron chi connectivity index (χ2n) is 5.28. The predicted molar refractivity (Wildman–Crippen MR) is 99.0 cm³/mol. The minimum absolute atomic E-state index is 0.0204. The molecule has 0 radical (unpaired) electrons. The van der Waals surface area contributed by atoms with E-state index in [0.717, 1.165) is 17.7 Å². The van der Waals surface area contributed by atoms with Gasteiger partial charge in [0.1, 0.15) is 0 Å². The molecule has 126 valence electrons. The lowest BCUT2D eigenvalue weighted by molar-refractivity contribution is -0.116. The summed E-state index contributed by atoms with van der Waals surface area (Å²) in [5.74, 6) is 1.02.